The maximum absolute atomic E-state index is 11.9. The van der Waals surface area contributed by atoms with Crippen molar-refractivity contribution >= 4 is 11.5 Å². The lowest BCUT2D eigenvalue weighted by Gasteiger charge is -2.26. The third kappa shape index (κ3) is 2.62. The molecule has 0 bridgehead atoms. The molecule has 0 amide bonds. The molecule has 96 valence electrons. The van der Waals surface area contributed by atoms with Gasteiger partial charge in [0.05, 0.1) is 12.7 Å². The molecule has 0 aromatic heterocycles. The van der Waals surface area contributed by atoms with Gasteiger partial charge in [-0.15, -0.1) is 0 Å². The zero-order valence-corrected chi connectivity index (χ0v) is 11.2. The van der Waals surface area contributed by atoms with Gasteiger partial charge in [0.1, 0.15) is 0 Å². The first-order valence-electron chi connectivity index (χ1n) is 6.17. The summed E-state index contributed by atoms with van der Waals surface area (Å²) in [5.74, 6) is -0.210. The molecule has 2 rings (SSSR count). The number of carbonyl (C=O) groups excluding carboxylic acids is 1. The van der Waals surface area contributed by atoms with Gasteiger partial charge in [-0.2, -0.15) is 0 Å². The molecular weight excluding hydrogens is 226 g/mol. The van der Waals surface area contributed by atoms with E-state index in [4.69, 9.17) is 4.74 Å². The lowest BCUT2D eigenvalue weighted by molar-refractivity contribution is -0.136. The zero-order valence-electron chi connectivity index (χ0n) is 11.2. The molecule has 3 heteroatoms. The average Bonchev–Trinajstić information content (AvgIpc) is 2.37. The topological polar surface area (TPSA) is 29.5 Å². The molecule has 3 nitrogen and oxygen atoms in total. The number of ether oxygens (including phenoxy) is 1. The Morgan fingerprint density at radius 1 is 1.39 bits per heavy atom. The molecule has 1 heterocycles. The second kappa shape index (κ2) is 5.36. The van der Waals surface area contributed by atoms with E-state index >= 15 is 0 Å². The molecule has 0 atom stereocenters. The van der Waals surface area contributed by atoms with E-state index in [2.05, 4.69) is 30.0 Å². The zero-order chi connectivity index (χ0) is 13.1. The Kier molecular flexibility index (Phi) is 3.82. The van der Waals surface area contributed by atoms with Crippen LogP contribution < -0.4 is 0 Å². The first-order chi connectivity index (χ1) is 8.61. The number of aryl methyl sites for hydroxylation is 1. The minimum atomic E-state index is -0.210. The lowest BCUT2D eigenvalue weighted by Crippen LogP contribution is -2.31. The summed E-state index contributed by atoms with van der Waals surface area (Å²) in [5.41, 5.74) is 4.27. The Bertz CT molecular complexity index is 491. The van der Waals surface area contributed by atoms with Gasteiger partial charge in [-0.1, -0.05) is 29.8 Å². The highest BCUT2D eigenvalue weighted by Gasteiger charge is 2.23. The Balaban J connectivity index is 2.46. The van der Waals surface area contributed by atoms with Crippen molar-refractivity contribution in [2.24, 2.45) is 0 Å². The van der Waals surface area contributed by atoms with E-state index in [-0.39, 0.29) is 5.97 Å². The molecular formula is C15H19NO2. The van der Waals surface area contributed by atoms with Crippen molar-refractivity contribution in [2.75, 3.05) is 27.2 Å². The van der Waals surface area contributed by atoms with E-state index < -0.39 is 0 Å². The van der Waals surface area contributed by atoms with Gasteiger partial charge in [-0.3, -0.25) is 0 Å². The van der Waals surface area contributed by atoms with E-state index in [1.807, 2.05) is 13.1 Å². The first kappa shape index (κ1) is 12.8. The van der Waals surface area contributed by atoms with Gasteiger partial charge in [-0.25, -0.2) is 4.79 Å². The molecule has 0 unspecified atom stereocenters. The molecule has 1 aromatic rings. The Labute approximate surface area is 108 Å². The highest BCUT2D eigenvalue weighted by molar-refractivity contribution is 5.98. The molecule has 0 N–H and O–H groups in total. The van der Waals surface area contributed by atoms with Crippen molar-refractivity contribution in [3.05, 3.63) is 41.0 Å². The highest BCUT2D eigenvalue weighted by atomic mass is 16.5. The summed E-state index contributed by atoms with van der Waals surface area (Å²) in [6.45, 7) is 3.70. The maximum atomic E-state index is 11.9. The lowest BCUT2D eigenvalue weighted by atomic mass is 9.93. The van der Waals surface area contributed by atoms with Crippen LogP contribution in [-0.4, -0.2) is 38.1 Å². The van der Waals surface area contributed by atoms with Crippen LogP contribution in [-0.2, 0) is 9.53 Å². The third-order valence-electron chi connectivity index (χ3n) is 3.33. The Hall–Kier alpha value is -1.61. The molecule has 0 fully saturated rings. The first-order valence-corrected chi connectivity index (χ1v) is 6.17. The van der Waals surface area contributed by atoms with Gasteiger partial charge in [0.25, 0.3) is 0 Å². The fourth-order valence-corrected chi connectivity index (χ4v) is 2.36. The molecule has 1 aliphatic heterocycles. The Morgan fingerprint density at radius 3 is 2.83 bits per heavy atom. The predicted octanol–water partition coefficient (Wildman–Crippen LogP) is 2.26. The molecule has 1 aromatic carbocycles. The van der Waals surface area contributed by atoms with Crippen molar-refractivity contribution in [2.45, 2.75) is 13.3 Å². The number of nitrogens with zero attached hydrogens (tertiary/aromatic N) is 1. The molecule has 0 radical (unpaired) electrons. The van der Waals surface area contributed by atoms with Crippen LogP contribution in [0.4, 0.5) is 0 Å². The largest absolute Gasteiger partial charge is 0.466 e. The minimum Gasteiger partial charge on any atom is -0.466 e. The fourth-order valence-electron chi connectivity index (χ4n) is 2.36. The summed E-state index contributed by atoms with van der Waals surface area (Å²) in [4.78, 5) is 14.0. The second-order valence-electron chi connectivity index (χ2n) is 4.81. The SMILES string of the molecule is COC(=O)C1=C(c2cccc(C)c2)CCN(C)C1. The van der Waals surface area contributed by atoms with Crippen LogP contribution in [0.1, 0.15) is 17.5 Å². The van der Waals surface area contributed by atoms with Gasteiger partial charge in [0.2, 0.25) is 0 Å². The van der Waals surface area contributed by atoms with Crippen molar-refractivity contribution in [3.8, 4) is 0 Å². The van der Waals surface area contributed by atoms with E-state index in [0.717, 1.165) is 29.7 Å². The van der Waals surface area contributed by atoms with Crippen LogP contribution in [0.2, 0.25) is 0 Å². The predicted molar refractivity (Wildman–Crippen MR) is 72.2 cm³/mol. The van der Waals surface area contributed by atoms with Crippen LogP contribution in [0.15, 0.2) is 29.8 Å². The van der Waals surface area contributed by atoms with Gasteiger partial charge in [0.15, 0.2) is 0 Å². The van der Waals surface area contributed by atoms with E-state index in [1.165, 1.54) is 12.7 Å². The number of likely N-dealkylation sites (N-methyl/N-ethyl adjacent to an activating group) is 1. The normalized spacial score (nSPS) is 16.8. The molecule has 0 saturated carbocycles. The smallest absolute Gasteiger partial charge is 0.335 e. The van der Waals surface area contributed by atoms with Gasteiger partial charge >= 0.3 is 5.97 Å². The van der Waals surface area contributed by atoms with E-state index in [1.54, 1.807) is 0 Å². The number of esters is 1. The van der Waals surface area contributed by atoms with Crippen LogP contribution in [0.25, 0.3) is 5.57 Å². The summed E-state index contributed by atoms with van der Waals surface area (Å²) in [6, 6.07) is 8.29. The quantitative estimate of drug-likeness (QED) is 0.748. The number of rotatable bonds is 2. The molecule has 0 spiro atoms. The van der Waals surface area contributed by atoms with Crippen molar-refractivity contribution in [1.29, 1.82) is 0 Å². The van der Waals surface area contributed by atoms with Gasteiger partial charge in [-0.05, 0) is 31.5 Å². The molecule has 0 saturated heterocycles. The van der Waals surface area contributed by atoms with Crippen molar-refractivity contribution < 1.29 is 9.53 Å². The number of hydrogen-bond donors (Lipinski definition) is 0. The van der Waals surface area contributed by atoms with Crippen LogP contribution in [0.5, 0.6) is 0 Å². The van der Waals surface area contributed by atoms with Crippen LogP contribution in [0.3, 0.4) is 0 Å². The second-order valence-corrected chi connectivity index (χ2v) is 4.81. The van der Waals surface area contributed by atoms with Crippen molar-refractivity contribution in [3.63, 3.8) is 0 Å². The highest BCUT2D eigenvalue weighted by Crippen LogP contribution is 2.28. The molecule has 1 aliphatic rings. The van der Waals surface area contributed by atoms with Gasteiger partial charge in [0, 0.05) is 13.1 Å². The fraction of sp³-hybridized carbons (Fsp3) is 0.400. The summed E-state index contributed by atoms with van der Waals surface area (Å²) in [7, 11) is 3.47. The minimum absolute atomic E-state index is 0.210. The monoisotopic (exact) mass is 245 g/mol. The number of carbonyl (C=O) groups is 1. The number of benzene rings is 1. The van der Waals surface area contributed by atoms with Crippen molar-refractivity contribution in [1.82, 2.24) is 4.90 Å². The average molecular weight is 245 g/mol. The molecule has 18 heavy (non-hydrogen) atoms. The van der Waals surface area contributed by atoms with Crippen LogP contribution in [0, 0.1) is 6.92 Å². The van der Waals surface area contributed by atoms with E-state index in [9.17, 15) is 4.79 Å². The Morgan fingerprint density at radius 2 is 2.17 bits per heavy atom. The summed E-state index contributed by atoms with van der Waals surface area (Å²) >= 11 is 0. The number of hydrogen-bond acceptors (Lipinski definition) is 3. The summed E-state index contributed by atoms with van der Waals surface area (Å²) in [5, 5.41) is 0. The van der Waals surface area contributed by atoms with Crippen LogP contribution >= 0.6 is 0 Å². The van der Waals surface area contributed by atoms with E-state index in [0.29, 0.717) is 6.54 Å². The maximum Gasteiger partial charge on any atom is 0.335 e. The molecule has 0 aliphatic carbocycles. The standard InChI is InChI=1S/C15H19NO2/c1-11-5-4-6-12(9-11)13-7-8-16(2)10-14(13)15(17)18-3/h4-6,9H,7-8,10H2,1-3H3. The number of methoxy groups -OCH3 is 1. The van der Waals surface area contributed by atoms with Gasteiger partial charge < -0.3 is 9.64 Å². The summed E-state index contributed by atoms with van der Waals surface area (Å²) < 4.78 is 4.90. The third-order valence-corrected chi connectivity index (χ3v) is 3.33. The summed E-state index contributed by atoms with van der Waals surface area (Å²) in [6.07, 6.45) is 0.893.